The number of methoxy groups -OCH3 is 1. The summed E-state index contributed by atoms with van der Waals surface area (Å²) in [5, 5.41) is 11.3. The lowest BCUT2D eigenvalue weighted by atomic mass is 10.0. The SMILES string of the molecule is COC(=O)[C@H](CC(=O)O)NC(=O)c1cccc(-c2ccc(CN)cc2)c1. The van der Waals surface area contributed by atoms with Gasteiger partial charge in [-0.2, -0.15) is 0 Å². The molecule has 0 aliphatic carbocycles. The highest BCUT2D eigenvalue weighted by molar-refractivity contribution is 5.98. The standard InChI is InChI=1S/C19H20N2O5/c1-26-19(25)16(10-17(22)23)21-18(24)15-4-2-3-14(9-15)13-7-5-12(11-20)6-8-13/h2-9,16H,10-11,20H2,1H3,(H,21,24)(H,22,23)/t16-/m0/s1. The number of rotatable bonds is 7. The Balaban J connectivity index is 2.20. The number of carbonyl (C=O) groups excluding carboxylic acids is 2. The fourth-order valence-corrected chi connectivity index (χ4v) is 2.43. The Hall–Kier alpha value is -3.19. The third-order valence-electron chi connectivity index (χ3n) is 3.82. The maximum Gasteiger partial charge on any atom is 0.328 e. The number of carboxylic acids is 1. The van der Waals surface area contributed by atoms with E-state index >= 15 is 0 Å². The average Bonchev–Trinajstić information content (AvgIpc) is 2.66. The summed E-state index contributed by atoms with van der Waals surface area (Å²) in [6.45, 7) is 0.446. The van der Waals surface area contributed by atoms with Crippen LogP contribution in [0.3, 0.4) is 0 Å². The summed E-state index contributed by atoms with van der Waals surface area (Å²) in [5.41, 5.74) is 8.62. The third kappa shape index (κ3) is 4.90. The Labute approximate surface area is 150 Å². The van der Waals surface area contributed by atoms with Crippen LogP contribution in [0.25, 0.3) is 11.1 Å². The van der Waals surface area contributed by atoms with E-state index in [0.717, 1.165) is 23.8 Å². The number of ether oxygens (including phenoxy) is 1. The van der Waals surface area contributed by atoms with E-state index < -0.39 is 30.3 Å². The lowest BCUT2D eigenvalue weighted by Gasteiger charge is -2.15. The molecule has 0 radical (unpaired) electrons. The first-order chi connectivity index (χ1) is 12.4. The van der Waals surface area contributed by atoms with Gasteiger partial charge in [0, 0.05) is 12.1 Å². The van der Waals surface area contributed by atoms with Crippen molar-refractivity contribution < 1.29 is 24.2 Å². The largest absolute Gasteiger partial charge is 0.481 e. The van der Waals surface area contributed by atoms with Crippen molar-refractivity contribution in [3.05, 3.63) is 59.7 Å². The molecule has 26 heavy (non-hydrogen) atoms. The maximum absolute atomic E-state index is 12.4. The number of carbonyl (C=O) groups is 3. The predicted octanol–water partition coefficient (Wildman–Crippen LogP) is 1.56. The van der Waals surface area contributed by atoms with Crippen LogP contribution >= 0.6 is 0 Å². The second-order valence-corrected chi connectivity index (χ2v) is 5.63. The quantitative estimate of drug-likeness (QED) is 0.648. The zero-order valence-corrected chi connectivity index (χ0v) is 14.3. The Bertz CT molecular complexity index is 802. The van der Waals surface area contributed by atoms with Gasteiger partial charge in [-0.1, -0.05) is 36.4 Å². The maximum atomic E-state index is 12.4. The number of carboxylic acid groups (broad SMARTS) is 1. The van der Waals surface area contributed by atoms with Gasteiger partial charge < -0.3 is 20.9 Å². The molecule has 4 N–H and O–H groups in total. The summed E-state index contributed by atoms with van der Waals surface area (Å²) in [5.74, 6) is -2.58. The van der Waals surface area contributed by atoms with Crippen molar-refractivity contribution in [1.82, 2.24) is 5.32 Å². The van der Waals surface area contributed by atoms with Crippen molar-refractivity contribution in [2.24, 2.45) is 5.73 Å². The summed E-state index contributed by atoms with van der Waals surface area (Å²) in [6.07, 6.45) is -0.557. The Morgan fingerprint density at radius 1 is 1.12 bits per heavy atom. The number of aliphatic carboxylic acids is 1. The molecule has 0 saturated heterocycles. The summed E-state index contributed by atoms with van der Waals surface area (Å²) in [6, 6.07) is 13.2. The van der Waals surface area contributed by atoms with E-state index in [2.05, 4.69) is 10.1 Å². The number of benzene rings is 2. The van der Waals surface area contributed by atoms with E-state index in [1.54, 1.807) is 18.2 Å². The number of hydrogen-bond acceptors (Lipinski definition) is 5. The monoisotopic (exact) mass is 356 g/mol. The fourth-order valence-electron chi connectivity index (χ4n) is 2.43. The van der Waals surface area contributed by atoms with Crippen molar-refractivity contribution in [3.8, 4) is 11.1 Å². The molecular weight excluding hydrogens is 336 g/mol. The topological polar surface area (TPSA) is 119 Å². The summed E-state index contributed by atoms with van der Waals surface area (Å²) >= 11 is 0. The molecule has 0 fully saturated rings. The van der Waals surface area contributed by atoms with Crippen molar-refractivity contribution in [1.29, 1.82) is 0 Å². The molecule has 2 rings (SSSR count). The first-order valence-electron chi connectivity index (χ1n) is 7.94. The fraction of sp³-hybridized carbons (Fsp3) is 0.211. The van der Waals surface area contributed by atoms with Gasteiger partial charge >= 0.3 is 11.9 Å². The molecule has 0 unspecified atom stereocenters. The second-order valence-electron chi connectivity index (χ2n) is 5.63. The van der Waals surface area contributed by atoms with Gasteiger partial charge in [-0.3, -0.25) is 9.59 Å². The number of nitrogens with two attached hydrogens (primary N) is 1. The van der Waals surface area contributed by atoms with Gasteiger partial charge in [0.2, 0.25) is 0 Å². The summed E-state index contributed by atoms with van der Waals surface area (Å²) in [7, 11) is 1.13. The van der Waals surface area contributed by atoms with E-state index in [9.17, 15) is 14.4 Å². The molecule has 0 aliphatic rings. The van der Waals surface area contributed by atoms with Gasteiger partial charge in [0.1, 0.15) is 6.04 Å². The lowest BCUT2D eigenvalue weighted by Crippen LogP contribution is -2.42. The summed E-state index contributed by atoms with van der Waals surface area (Å²) in [4.78, 5) is 34.9. The zero-order valence-electron chi connectivity index (χ0n) is 14.3. The molecule has 0 bridgehead atoms. The Morgan fingerprint density at radius 3 is 2.38 bits per heavy atom. The van der Waals surface area contributed by atoms with E-state index in [4.69, 9.17) is 10.8 Å². The molecule has 0 saturated carbocycles. The van der Waals surface area contributed by atoms with Crippen LogP contribution < -0.4 is 11.1 Å². The minimum absolute atomic E-state index is 0.310. The Kier molecular flexibility index (Phi) is 6.46. The van der Waals surface area contributed by atoms with Gasteiger partial charge in [0.05, 0.1) is 13.5 Å². The van der Waals surface area contributed by atoms with Crippen LogP contribution in [0.15, 0.2) is 48.5 Å². The molecule has 136 valence electrons. The van der Waals surface area contributed by atoms with Crippen molar-refractivity contribution in [2.45, 2.75) is 19.0 Å². The molecule has 0 aliphatic heterocycles. The first-order valence-corrected chi connectivity index (χ1v) is 7.94. The molecule has 1 amide bonds. The molecule has 2 aromatic rings. The minimum atomic E-state index is -1.25. The first kappa shape index (κ1) is 19.1. The van der Waals surface area contributed by atoms with Crippen molar-refractivity contribution in [2.75, 3.05) is 7.11 Å². The molecule has 7 heteroatoms. The number of nitrogens with one attached hydrogen (secondary N) is 1. The summed E-state index contributed by atoms with van der Waals surface area (Å²) < 4.78 is 4.54. The third-order valence-corrected chi connectivity index (χ3v) is 3.82. The number of amides is 1. The van der Waals surface area contributed by atoms with Crippen LogP contribution in [-0.4, -0.2) is 36.1 Å². The molecular formula is C19H20N2O5. The van der Waals surface area contributed by atoms with E-state index in [1.807, 2.05) is 30.3 Å². The van der Waals surface area contributed by atoms with Crippen LogP contribution in [0.2, 0.25) is 0 Å². The predicted molar refractivity (Wildman–Crippen MR) is 95.3 cm³/mol. The molecule has 2 aromatic carbocycles. The Morgan fingerprint density at radius 2 is 1.81 bits per heavy atom. The van der Waals surface area contributed by atoms with Gasteiger partial charge in [-0.05, 0) is 28.8 Å². The smallest absolute Gasteiger partial charge is 0.328 e. The van der Waals surface area contributed by atoms with Crippen LogP contribution in [-0.2, 0) is 20.9 Å². The minimum Gasteiger partial charge on any atom is -0.481 e. The van der Waals surface area contributed by atoms with Gasteiger partial charge in [-0.15, -0.1) is 0 Å². The van der Waals surface area contributed by atoms with E-state index in [1.165, 1.54) is 0 Å². The van der Waals surface area contributed by atoms with Crippen molar-refractivity contribution in [3.63, 3.8) is 0 Å². The van der Waals surface area contributed by atoms with Crippen LogP contribution in [0.4, 0.5) is 0 Å². The van der Waals surface area contributed by atoms with Gasteiger partial charge in [-0.25, -0.2) is 4.79 Å². The molecule has 7 nitrogen and oxygen atoms in total. The highest BCUT2D eigenvalue weighted by Crippen LogP contribution is 2.21. The number of hydrogen-bond donors (Lipinski definition) is 3. The molecule has 0 heterocycles. The lowest BCUT2D eigenvalue weighted by molar-refractivity contribution is -0.147. The highest BCUT2D eigenvalue weighted by atomic mass is 16.5. The molecule has 1 atom stereocenters. The van der Waals surface area contributed by atoms with E-state index in [0.29, 0.717) is 12.1 Å². The highest BCUT2D eigenvalue weighted by Gasteiger charge is 2.25. The molecule has 0 aromatic heterocycles. The van der Waals surface area contributed by atoms with Gasteiger partial charge in [0.25, 0.3) is 5.91 Å². The van der Waals surface area contributed by atoms with Crippen LogP contribution in [0.1, 0.15) is 22.3 Å². The molecule has 0 spiro atoms. The number of esters is 1. The second kappa shape index (κ2) is 8.77. The normalized spacial score (nSPS) is 11.5. The average molecular weight is 356 g/mol. The van der Waals surface area contributed by atoms with Gasteiger partial charge in [0.15, 0.2) is 0 Å². The zero-order chi connectivity index (χ0) is 19.1. The van der Waals surface area contributed by atoms with Crippen molar-refractivity contribution >= 4 is 17.8 Å². The van der Waals surface area contributed by atoms with Crippen LogP contribution in [0.5, 0.6) is 0 Å². The van der Waals surface area contributed by atoms with E-state index in [-0.39, 0.29) is 0 Å². The van der Waals surface area contributed by atoms with Crippen LogP contribution in [0, 0.1) is 0 Å².